The van der Waals surface area contributed by atoms with Crippen LogP contribution in [0.4, 0.5) is 11.1 Å². The van der Waals surface area contributed by atoms with E-state index in [1.54, 1.807) is 28.3 Å². The lowest BCUT2D eigenvalue weighted by Crippen LogP contribution is -2.71. The molecule has 18 heteroatoms. The summed E-state index contributed by atoms with van der Waals surface area (Å²) in [7, 11) is 0. The Bertz CT molecular complexity index is 1560. The van der Waals surface area contributed by atoms with E-state index in [0.29, 0.717) is 11.5 Å². The first-order valence-electron chi connectivity index (χ1n) is 11.5. The van der Waals surface area contributed by atoms with Crippen LogP contribution in [0.3, 0.4) is 0 Å². The molecule has 3 aromatic rings. The number of rotatable bonds is 9. The standard InChI is InChI=1S/C21H21N9O6S3/c1-3-36-26-12(15-25-20(22)39-27-15)16(32)24-13-17(33)30-14(19(34)35)10(8-38-18(13)30)6-28-7-11-29(4-5-37-11)21(28)23-9(2)31/h4-5,7,13,18H,3,6,8H2,1-2H3,(H4,22,24,25,27,32,34,35)/p+1/b26-12-/t13-,18-/m1/s1. The van der Waals surface area contributed by atoms with Gasteiger partial charge in [-0.1, -0.05) is 5.16 Å². The first-order chi connectivity index (χ1) is 18.7. The van der Waals surface area contributed by atoms with E-state index in [1.165, 1.54) is 34.9 Å². The lowest BCUT2D eigenvalue weighted by atomic mass is 10.0. The maximum absolute atomic E-state index is 13.1. The minimum Gasteiger partial charge on any atom is -0.477 e. The number of nitrogens with zero attached hydrogens (tertiary/aromatic N) is 6. The van der Waals surface area contributed by atoms with Gasteiger partial charge in [0, 0.05) is 35.2 Å². The lowest BCUT2D eigenvalue weighted by Gasteiger charge is -2.49. The van der Waals surface area contributed by atoms with E-state index in [0.717, 1.165) is 16.4 Å². The van der Waals surface area contributed by atoms with Crippen LogP contribution in [-0.2, 0) is 30.6 Å². The maximum Gasteiger partial charge on any atom is 0.370 e. The Balaban J connectivity index is 1.38. The molecular weight excluding hydrogens is 570 g/mol. The van der Waals surface area contributed by atoms with E-state index in [2.05, 4.69) is 25.1 Å². The number of carbonyl (C=O) groups is 4. The average Bonchev–Trinajstić information content (AvgIpc) is 3.60. The van der Waals surface area contributed by atoms with Crippen molar-refractivity contribution in [2.45, 2.75) is 31.8 Å². The summed E-state index contributed by atoms with van der Waals surface area (Å²) >= 11 is 3.65. The number of nitrogens with one attached hydrogen (secondary N) is 2. The minimum absolute atomic E-state index is 0.0451. The number of aliphatic carboxylic acids is 1. The van der Waals surface area contributed by atoms with Crippen LogP contribution in [0.2, 0.25) is 0 Å². The third-order valence-corrected chi connectivity index (χ3v) is 8.43. The highest BCUT2D eigenvalue weighted by Gasteiger charge is 2.54. The quantitative estimate of drug-likeness (QED) is 0.112. The Morgan fingerprint density at radius 1 is 1.38 bits per heavy atom. The van der Waals surface area contributed by atoms with Crippen molar-refractivity contribution in [1.82, 2.24) is 24.0 Å². The van der Waals surface area contributed by atoms with Crippen LogP contribution in [0.5, 0.6) is 0 Å². The van der Waals surface area contributed by atoms with E-state index in [9.17, 15) is 24.3 Å². The van der Waals surface area contributed by atoms with Crippen LogP contribution in [0.15, 0.2) is 34.2 Å². The number of hydrogen-bond acceptors (Lipinski definition) is 12. The fourth-order valence-electron chi connectivity index (χ4n) is 4.17. The SMILES string of the molecule is CCO/N=C(\C(=O)N[C@@H]1C(=O)N2C(C(=O)O)=C(C[n+]3cc4sccn4c3NC(C)=O)CS[C@H]12)c1nsc(N)n1. The predicted octanol–water partition coefficient (Wildman–Crippen LogP) is -0.140. The van der Waals surface area contributed by atoms with Crippen LogP contribution < -0.4 is 20.9 Å². The monoisotopic (exact) mass is 592 g/mol. The highest BCUT2D eigenvalue weighted by molar-refractivity contribution is 8.00. The smallest absolute Gasteiger partial charge is 0.370 e. The molecule has 15 nitrogen and oxygen atoms in total. The van der Waals surface area contributed by atoms with Gasteiger partial charge < -0.3 is 21.0 Å². The molecule has 0 spiro atoms. The third kappa shape index (κ3) is 4.92. The van der Waals surface area contributed by atoms with Crippen molar-refractivity contribution in [3.8, 4) is 0 Å². The largest absolute Gasteiger partial charge is 0.477 e. The fourth-order valence-corrected chi connectivity index (χ4v) is 6.71. The Hall–Kier alpha value is -4.03. The van der Waals surface area contributed by atoms with E-state index in [4.69, 9.17) is 10.6 Å². The van der Waals surface area contributed by atoms with Gasteiger partial charge in [-0.2, -0.15) is 13.8 Å². The molecule has 3 aromatic heterocycles. The molecule has 5 rings (SSSR count). The van der Waals surface area contributed by atoms with Gasteiger partial charge in [0.15, 0.2) is 9.96 Å². The second-order valence-electron chi connectivity index (χ2n) is 8.31. The van der Waals surface area contributed by atoms with Crippen molar-refractivity contribution < 1.29 is 33.7 Å². The minimum atomic E-state index is -1.27. The summed E-state index contributed by atoms with van der Waals surface area (Å²) in [6.45, 7) is 3.38. The number of aromatic nitrogens is 4. The number of carbonyl (C=O) groups excluding carboxylic acids is 3. The van der Waals surface area contributed by atoms with Crippen molar-refractivity contribution in [3.63, 3.8) is 0 Å². The van der Waals surface area contributed by atoms with Crippen molar-refractivity contribution >= 4 is 79.9 Å². The molecule has 0 aromatic carbocycles. The first-order valence-corrected chi connectivity index (χ1v) is 14.2. The summed E-state index contributed by atoms with van der Waals surface area (Å²) < 4.78 is 7.51. The topological polar surface area (TPSA) is 197 Å². The number of carboxylic acid groups (broad SMARTS) is 1. The Labute approximate surface area is 232 Å². The summed E-state index contributed by atoms with van der Waals surface area (Å²) in [4.78, 5) is 61.3. The molecule has 204 valence electrons. The number of oxime groups is 1. The number of nitrogen functional groups attached to an aromatic ring is 1. The van der Waals surface area contributed by atoms with Crippen LogP contribution in [-0.4, -0.2) is 76.9 Å². The van der Waals surface area contributed by atoms with E-state index in [1.807, 2.05) is 5.38 Å². The number of β-lactam (4-membered cyclic amide) rings is 1. The third-order valence-electron chi connectivity index (χ3n) is 5.74. The predicted molar refractivity (Wildman–Crippen MR) is 142 cm³/mol. The molecule has 0 saturated carbocycles. The Kier molecular flexibility index (Phi) is 7.23. The maximum atomic E-state index is 13.1. The summed E-state index contributed by atoms with van der Waals surface area (Å²) in [6.07, 6.45) is 3.60. The summed E-state index contributed by atoms with van der Waals surface area (Å²) in [6, 6.07) is -0.997. The Morgan fingerprint density at radius 3 is 2.85 bits per heavy atom. The van der Waals surface area contributed by atoms with Gasteiger partial charge in [-0.3, -0.25) is 19.3 Å². The number of carboxylic acids is 1. The lowest BCUT2D eigenvalue weighted by molar-refractivity contribution is -0.673. The molecule has 39 heavy (non-hydrogen) atoms. The number of anilines is 2. The zero-order valence-electron chi connectivity index (χ0n) is 20.5. The van der Waals surface area contributed by atoms with Gasteiger partial charge in [-0.05, 0) is 6.92 Å². The number of hydrogen-bond donors (Lipinski definition) is 4. The van der Waals surface area contributed by atoms with Gasteiger partial charge in [0.1, 0.15) is 29.9 Å². The molecule has 0 bridgehead atoms. The number of fused-ring (bicyclic) bond motifs is 2. The van der Waals surface area contributed by atoms with E-state index >= 15 is 0 Å². The molecule has 5 heterocycles. The zero-order valence-corrected chi connectivity index (χ0v) is 22.9. The fraction of sp³-hybridized carbons (Fsp3) is 0.333. The second-order valence-corrected chi connectivity index (χ2v) is 11.1. The first kappa shape index (κ1) is 26.6. The number of thioether (sulfide) groups is 1. The van der Waals surface area contributed by atoms with Crippen LogP contribution in [0.1, 0.15) is 19.7 Å². The van der Waals surface area contributed by atoms with Crippen molar-refractivity contribution in [1.29, 1.82) is 0 Å². The van der Waals surface area contributed by atoms with E-state index < -0.39 is 29.2 Å². The molecule has 2 atom stereocenters. The van der Waals surface area contributed by atoms with E-state index in [-0.39, 0.29) is 47.2 Å². The molecule has 0 radical (unpaired) electrons. The van der Waals surface area contributed by atoms with Gasteiger partial charge in [-0.25, -0.2) is 14.7 Å². The molecule has 1 saturated heterocycles. The molecule has 2 aliphatic rings. The highest BCUT2D eigenvalue weighted by Crippen LogP contribution is 2.40. The van der Waals surface area contributed by atoms with Gasteiger partial charge in [-0.15, -0.1) is 23.1 Å². The molecule has 1 fully saturated rings. The molecule has 3 amide bonds. The molecule has 2 aliphatic heterocycles. The molecular formula is C21H22N9O6S3+. The van der Waals surface area contributed by atoms with Crippen LogP contribution in [0, 0.1) is 0 Å². The van der Waals surface area contributed by atoms with Crippen molar-refractivity contribution in [2.75, 3.05) is 23.4 Å². The van der Waals surface area contributed by atoms with Gasteiger partial charge in [0.25, 0.3) is 17.7 Å². The number of nitrogens with two attached hydrogens (primary N) is 1. The second kappa shape index (κ2) is 10.6. The molecule has 0 unspecified atom stereocenters. The van der Waals surface area contributed by atoms with Gasteiger partial charge >= 0.3 is 11.9 Å². The number of thiazole rings is 1. The summed E-state index contributed by atoms with van der Waals surface area (Å²) in [5.74, 6) is -2.17. The highest BCUT2D eigenvalue weighted by atomic mass is 32.2. The molecule has 0 aliphatic carbocycles. The molecule has 5 N–H and O–H groups in total. The van der Waals surface area contributed by atoms with Crippen molar-refractivity contribution in [2.24, 2.45) is 5.16 Å². The van der Waals surface area contributed by atoms with Gasteiger partial charge in [0.05, 0.1) is 12.7 Å². The number of imidazole rings is 1. The zero-order chi connectivity index (χ0) is 27.8. The summed E-state index contributed by atoms with van der Waals surface area (Å²) in [5.41, 5.74) is 5.71. The van der Waals surface area contributed by atoms with Crippen molar-refractivity contribution in [3.05, 3.63) is 34.9 Å². The number of amides is 3. The van der Waals surface area contributed by atoms with Crippen LogP contribution >= 0.6 is 34.6 Å². The summed E-state index contributed by atoms with van der Waals surface area (Å²) in [5, 5.41) is 20.6. The van der Waals surface area contributed by atoms with Gasteiger partial charge in [0.2, 0.25) is 11.5 Å². The normalized spacial score (nSPS) is 19.1. The average molecular weight is 593 g/mol. The van der Waals surface area contributed by atoms with Crippen LogP contribution in [0.25, 0.3) is 4.83 Å². The Morgan fingerprint density at radius 2 is 2.18 bits per heavy atom.